The molecule has 1 aromatic heterocycles. The van der Waals surface area contributed by atoms with Gasteiger partial charge in [-0.25, -0.2) is 0 Å². The van der Waals surface area contributed by atoms with E-state index in [9.17, 15) is 0 Å². The van der Waals surface area contributed by atoms with Crippen LogP contribution in [0.3, 0.4) is 0 Å². The third-order valence-corrected chi connectivity index (χ3v) is 6.82. The van der Waals surface area contributed by atoms with Crippen LogP contribution in [-0.2, 0) is 0 Å². The molecular formula is C16H26N2S2. The summed E-state index contributed by atoms with van der Waals surface area (Å²) in [4.78, 5) is 2.62. The summed E-state index contributed by atoms with van der Waals surface area (Å²) in [6.45, 7) is 8.48. The van der Waals surface area contributed by atoms with Gasteiger partial charge in [-0.3, -0.25) is 0 Å². The Bertz CT molecular complexity index is 424. The maximum absolute atomic E-state index is 3.96. The minimum Gasteiger partial charge on any atom is -0.307 e. The van der Waals surface area contributed by atoms with Crippen molar-refractivity contribution in [2.75, 3.05) is 19.6 Å². The van der Waals surface area contributed by atoms with E-state index in [4.69, 9.17) is 0 Å². The lowest BCUT2D eigenvalue weighted by atomic mass is 9.99. The number of likely N-dealkylation sites (tertiary alicyclic amines) is 1. The van der Waals surface area contributed by atoms with Crippen LogP contribution in [0, 0.1) is 0 Å². The molecular weight excluding hydrogens is 284 g/mol. The number of hydrogen-bond donors (Lipinski definition) is 1. The number of piperidine rings is 1. The van der Waals surface area contributed by atoms with Crippen LogP contribution in [0.4, 0.5) is 0 Å². The number of rotatable bonds is 4. The fourth-order valence-electron chi connectivity index (χ4n) is 3.43. The van der Waals surface area contributed by atoms with Gasteiger partial charge in [0, 0.05) is 17.3 Å². The van der Waals surface area contributed by atoms with Gasteiger partial charge in [0.15, 0.2) is 0 Å². The molecule has 1 aromatic rings. The van der Waals surface area contributed by atoms with E-state index in [0.717, 1.165) is 11.3 Å². The lowest BCUT2D eigenvalue weighted by Gasteiger charge is -2.36. The standard InChI is InChI=1S/C16H26N2S2/c1-3-7-18-8-4-13(5-9-18)17-15-11-12(2)20-16-14(15)6-10-19-16/h6,10,12-13,15,17H,3-5,7-9,11H2,1-2H3/t12-,15?/m0/s1. The van der Waals surface area contributed by atoms with Crippen LogP contribution >= 0.6 is 23.1 Å². The zero-order chi connectivity index (χ0) is 13.9. The molecule has 0 bridgehead atoms. The summed E-state index contributed by atoms with van der Waals surface area (Å²) in [7, 11) is 0. The van der Waals surface area contributed by atoms with Gasteiger partial charge in [-0.15, -0.1) is 23.1 Å². The predicted octanol–water partition coefficient (Wildman–Crippen LogP) is 4.14. The molecule has 2 nitrogen and oxygen atoms in total. The average molecular weight is 311 g/mol. The highest BCUT2D eigenvalue weighted by Gasteiger charge is 2.29. The van der Waals surface area contributed by atoms with Gasteiger partial charge in [0.05, 0.1) is 4.21 Å². The van der Waals surface area contributed by atoms with Crippen molar-refractivity contribution in [3.63, 3.8) is 0 Å². The Morgan fingerprint density at radius 1 is 1.35 bits per heavy atom. The summed E-state index contributed by atoms with van der Waals surface area (Å²) in [6.07, 6.45) is 5.20. The molecule has 0 aliphatic carbocycles. The van der Waals surface area contributed by atoms with Gasteiger partial charge < -0.3 is 10.2 Å². The number of nitrogens with zero attached hydrogens (tertiary/aromatic N) is 1. The van der Waals surface area contributed by atoms with Crippen LogP contribution in [0.1, 0.15) is 51.1 Å². The highest BCUT2D eigenvalue weighted by Crippen LogP contribution is 2.44. The number of fused-ring (bicyclic) bond motifs is 1. The zero-order valence-corrected chi connectivity index (χ0v) is 14.2. The van der Waals surface area contributed by atoms with Gasteiger partial charge in [-0.1, -0.05) is 13.8 Å². The minimum absolute atomic E-state index is 0.593. The van der Waals surface area contributed by atoms with E-state index in [0.29, 0.717) is 6.04 Å². The van der Waals surface area contributed by atoms with E-state index in [-0.39, 0.29) is 0 Å². The third kappa shape index (κ3) is 3.41. The van der Waals surface area contributed by atoms with E-state index < -0.39 is 0 Å². The van der Waals surface area contributed by atoms with E-state index in [1.54, 1.807) is 9.77 Å². The molecule has 3 heterocycles. The first-order valence-electron chi connectivity index (χ1n) is 7.98. The Kier molecular flexibility index (Phi) is 5.08. The van der Waals surface area contributed by atoms with E-state index >= 15 is 0 Å². The minimum atomic E-state index is 0.593. The molecule has 2 atom stereocenters. The van der Waals surface area contributed by atoms with E-state index in [1.807, 2.05) is 11.3 Å². The third-order valence-electron chi connectivity index (χ3n) is 4.47. The lowest BCUT2D eigenvalue weighted by molar-refractivity contribution is 0.189. The summed E-state index contributed by atoms with van der Waals surface area (Å²) in [5.41, 5.74) is 1.56. The smallest absolute Gasteiger partial charge is 0.0649 e. The molecule has 0 radical (unpaired) electrons. The van der Waals surface area contributed by atoms with Crippen LogP contribution < -0.4 is 5.32 Å². The first kappa shape index (κ1) is 14.9. The Morgan fingerprint density at radius 3 is 2.90 bits per heavy atom. The fraction of sp³-hybridized carbons (Fsp3) is 0.750. The molecule has 1 saturated heterocycles. The number of nitrogens with one attached hydrogen (secondary N) is 1. The molecule has 112 valence electrons. The molecule has 0 amide bonds. The molecule has 2 aliphatic rings. The summed E-state index contributed by atoms with van der Waals surface area (Å²) >= 11 is 3.98. The highest BCUT2D eigenvalue weighted by atomic mass is 32.2. The second-order valence-corrected chi connectivity index (χ2v) is 8.79. The van der Waals surface area contributed by atoms with Crippen molar-refractivity contribution in [2.45, 2.75) is 61.1 Å². The Morgan fingerprint density at radius 2 is 2.15 bits per heavy atom. The second-order valence-electron chi connectivity index (χ2n) is 6.16. The van der Waals surface area contributed by atoms with Crippen LogP contribution in [0.15, 0.2) is 15.7 Å². The van der Waals surface area contributed by atoms with Crippen LogP contribution in [-0.4, -0.2) is 35.8 Å². The molecule has 1 unspecified atom stereocenters. The maximum atomic E-state index is 3.96. The van der Waals surface area contributed by atoms with Crippen LogP contribution in [0.2, 0.25) is 0 Å². The van der Waals surface area contributed by atoms with Crippen LogP contribution in [0.5, 0.6) is 0 Å². The van der Waals surface area contributed by atoms with Crippen molar-refractivity contribution in [2.24, 2.45) is 0 Å². The van der Waals surface area contributed by atoms with Gasteiger partial charge in [0.25, 0.3) is 0 Å². The Hall–Kier alpha value is -0.0300. The summed E-state index contributed by atoms with van der Waals surface area (Å²) in [5.74, 6) is 0. The van der Waals surface area contributed by atoms with Gasteiger partial charge >= 0.3 is 0 Å². The predicted molar refractivity (Wildman–Crippen MR) is 89.9 cm³/mol. The van der Waals surface area contributed by atoms with Gasteiger partial charge in [-0.05, 0) is 62.3 Å². The van der Waals surface area contributed by atoms with Crippen LogP contribution in [0.25, 0.3) is 0 Å². The average Bonchev–Trinajstić information content (AvgIpc) is 2.89. The molecule has 0 spiro atoms. The Balaban J connectivity index is 1.57. The normalized spacial score (nSPS) is 28.5. The summed E-state index contributed by atoms with van der Waals surface area (Å²) in [5, 5.41) is 6.97. The monoisotopic (exact) mass is 310 g/mol. The van der Waals surface area contributed by atoms with Crippen molar-refractivity contribution in [3.05, 3.63) is 17.0 Å². The highest BCUT2D eigenvalue weighted by molar-refractivity contribution is 8.01. The van der Waals surface area contributed by atoms with Gasteiger partial charge in [-0.2, -0.15) is 0 Å². The first-order valence-corrected chi connectivity index (χ1v) is 9.74. The maximum Gasteiger partial charge on any atom is 0.0649 e. The SMILES string of the molecule is CCCN1CCC(NC2C[C@H](C)Sc3sccc32)CC1. The summed E-state index contributed by atoms with van der Waals surface area (Å²) < 4.78 is 1.55. The molecule has 20 heavy (non-hydrogen) atoms. The van der Waals surface area contributed by atoms with Gasteiger partial charge in [0.1, 0.15) is 0 Å². The summed E-state index contributed by atoms with van der Waals surface area (Å²) in [6, 6.07) is 3.65. The largest absolute Gasteiger partial charge is 0.307 e. The van der Waals surface area contributed by atoms with Crippen molar-refractivity contribution < 1.29 is 0 Å². The molecule has 1 N–H and O–H groups in total. The molecule has 4 heteroatoms. The van der Waals surface area contributed by atoms with Crippen molar-refractivity contribution in [3.8, 4) is 0 Å². The topological polar surface area (TPSA) is 15.3 Å². The number of hydrogen-bond acceptors (Lipinski definition) is 4. The zero-order valence-electron chi connectivity index (χ0n) is 12.6. The molecule has 2 aliphatic heterocycles. The van der Waals surface area contributed by atoms with E-state index in [1.165, 1.54) is 45.3 Å². The molecule has 3 rings (SSSR count). The quantitative estimate of drug-likeness (QED) is 0.900. The number of thioether (sulfide) groups is 1. The molecule has 1 fully saturated rings. The van der Waals surface area contributed by atoms with E-state index in [2.05, 4.69) is 47.3 Å². The van der Waals surface area contributed by atoms with Crippen molar-refractivity contribution >= 4 is 23.1 Å². The second kappa shape index (κ2) is 6.82. The molecule has 0 aromatic carbocycles. The van der Waals surface area contributed by atoms with Crippen molar-refractivity contribution in [1.29, 1.82) is 0 Å². The molecule has 0 saturated carbocycles. The number of thiophene rings is 1. The van der Waals surface area contributed by atoms with Crippen molar-refractivity contribution in [1.82, 2.24) is 10.2 Å². The Labute approximate surface area is 131 Å². The fourth-order valence-corrected chi connectivity index (χ4v) is 6.00. The lowest BCUT2D eigenvalue weighted by Crippen LogP contribution is -2.44. The first-order chi connectivity index (χ1) is 9.76. The van der Waals surface area contributed by atoms with Gasteiger partial charge in [0.2, 0.25) is 0 Å².